The molecule has 5 heteroatoms. The Hall–Kier alpha value is -0.870. The van der Waals surface area contributed by atoms with Gasteiger partial charge in [0, 0.05) is 18.3 Å². The molecule has 1 aromatic rings. The smallest absolute Gasteiger partial charge is 0.224 e. The molecule has 0 saturated heterocycles. The van der Waals surface area contributed by atoms with E-state index in [0.29, 0.717) is 5.92 Å². The molecule has 1 saturated carbocycles. The molecule has 1 aromatic heterocycles. The Morgan fingerprint density at radius 3 is 3.00 bits per heavy atom. The maximum absolute atomic E-state index is 9.59. The van der Waals surface area contributed by atoms with E-state index < -0.39 is 0 Å². The van der Waals surface area contributed by atoms with Crippen LogP contribution in [0.15, 0.2) is 6.07 Å². The number of nitrogens with one attached hydrogen (secondary N) is 1. The fourth-order valence-electron chi connectivity index (χ4n) is 2.32. The van der Waals surface area contributed by atoms with Crippen molar-refractivity contribution in [2.75, 3.05) is 11.9 Å². The molecule has 2 N–H and O–H groups in total. The van der Waals surface area contributed by atoms with Gasteiger partial charge in [-0.15, -0.1) is 0 Å². The van der Waals surface area contributed by atoms with E-state index in [1.54, 1.807) is 0 Å². The van der Waals surface area contributed by atoms with Crippen LogP contribution in [0.5, 0.6) is 0 Å². The Kier molecular flexibility index (Phi) is 4.18. The van der Waals surface area contributed by atoms with Crippen molar-refractivity contribution in [3.05, 3.63) is 17.0 Å². The number of halogens is 1. The fourth-order valence-corrected chi connectivity index (χ4v) is 2.54. The van der Waals surface area contributed by atoms with E-state index in [1.807, 2.05) is 13.0 Å². The zero-order valence-electron chi connectivity index (χ0n) is 9.99. The molecule has 1 heterocycles. The average molecular weight is 256 g/mol. The third-order valence-corrected chi connectivity index (χ3v) is 3.32. The van der Waals surface area contributed by atoms with Crippen LogP contribution in [0.4, 0.5) is 5.82 Å². The standard InChI is InChI=1S/C12H18ClN3O/c1-8-5-11(16-12(13)15-8)14-7-9-3-2-4-10(17)6-9/h5,9-10,17H,2-4,6-7H2,1H3,(H,14,15,16). The summed E-state index contributed by atoms with van der Waals surface area (Å²) in [5.41, 5.74) is 0.858. The summed E-state index contributed by atoms with van der Waals surface area (Å²) < 4.78 is 0. The fraction of sp³-hybridized carbons (Fsp3) is 0.667. The molecule has 0 bridgehead atoms. The first kappa shape index (κ1) is 12.6. The van der Waals surface area contributed by atoms with Crippen molar-refractivity contribution in [3.8, 4) is 0 Å². The molecule has 0 spiro atoms. The zero-order chi connectivity index (χ0) is 12.3. The molecule has 0 aromatic carbocycles. The predicted molar refractivity (Wildman–Crippen MR) is 68.2 cm³/mol. The second kappa shape index (κ2) is 5.65. The minimum atomic E-state index is -0.133. The van der Waals surface area contributed by atoms with Crippen LogP contribution in [0.25, 0.3) is 0 Å². The van der Waals surface area contributed by atoms with Crippen LogP contribution in [-0.2, 0) is 0 Å². The number of anilines is 1. The van der Waals surface area contributed by atoms with Gasteiger partial charge in [-0.25, -0.2) is 9.97 Å². The van der Waals surface area contributed by atoms with Crippen molar-refractivity contribution >= 4 is 17.4 Å². The largest absolute Gasteiger partial charge is 0.393 e. The maximum Gasteiger partial charge on any atom is 0.224 e. The lowest BCUT2D eigenvalue weighted by Crippen LogP contribution is -2.25. The van der Waals surface area contributed by atoms with Gasteiger partial charge >= 0.3 is 0 Å². The lowest BCUT2D eigenvalue weighted by Gasteiger charge is -2.26. The molecular weight excluding hydrogens is 238 g/mol. The first-order valence-corrected chi connectivity index (χ1v) is 6.44. The second-order valence-corrected chi connectivity index (χ2v) is 5.07. The van der Waals surface area contributed by atoms with E-state index >= 15 is 0 Å². The van der Waals surface area contributed by atoms with Gasteiger partial charge in [-0.1, -0.05) is 6.42 Å². The molecule has 0 aliphatic heterocycles. The van der Waals surface area contributed by atoms with E-state index in [9.17, 15) is 5.11 Å². The van der Waals surface area contributed by atoms with Crippen LogP contribution in [0.2, 0.25) is 5.28 Å². The number of aryl methyl sites for hydroxylation is 1. The maximum atomic E-state index is 9.59. The average Bonchev–Trinajstić information content (AvgIpc) is 2.25. The molecule has 4 nitrogen and oxygen atoms in total. The van der Waals surface area contributed by atoms with Crippen molar-refractivity contribution in [3.63, 3.8) is 0 Å². The second-order valence-electron chi connectivity index (χ2n) is 4.73. The number of aliphatic hydroxyl groups is 1. The highest BCUT2D eigenvalue weighted by Gasteiger charge is 2.19. The first-order chi connectivity index (χ1) is 8.13. The topological polar surface area (TPSA) is 58.0 Å². The Labute approximate surface area is 106 Å². The van der Waals surface area contributed by atoms with Gasteiger partial charge in [0.15, 0.2) is 0 Å². The summed E-state index contributed by atoms with van der Waals surface area (Å²) in [5.74, 6) is 1.29. The molecule has 94 valence electrons. The third kappa shape index (κ3) is 3.82. The monoisotopic (exact) mass is 255 g/mol. The van der Waals surface area contributed by atoms with Gasteiger partial charge in [0.25, 0.3) is 0 Å². The van der Waals surface area contributed by atoms with Crippen LogP contribution in [0.3, 0.4) is 0 Å². The molecule has 1 fully saturated rings. The number of nitrogens with zero attached hydrogens (tertiary/aromatic N) is 2. The normalized spacial score (nSPS) is 24.6. The number of hydrogen-bond donors (Lipinski definition) is 2. The van der Waals surface area contributed by atoms with Crippen LogP contribution >= 0.6 is 11.6 Å². The number of rotatable bonds is 3. The van der Waals surface area contributed by atoms with E-state index in [1.165, 1.54) is 6.42 Å². The van der Waals surface area contributed by atoms with E-state index in [-0.39, 0.29) is 11.4 Å². The minimum Gasteiger partial charge on any atom is -0.393 e. The number of aliphatic hydroxyl groups excluding tert-OH is 1. The van der Waals surface area contributed by atoms with Crippen molar-refractivity contribution < 1.29 is 5.11 Å². The van der Waals surface area contributed by atoms with Crippen molar-refractivity contribution in [1.82, 2.24) is 9.97 Å². The Morgan fingerprint density at radius 2 is 2.29 bits per heavy atom. The Balaban J connectivity index is 1.88. The van der Waals surface area contributed by atoms with E-state index in [0.717, 1.165) is 37.3 Å². The van der Waals surface area contributed by atoms with Crippen LogP contribution in [0.1, 0.15) is 31.4 Å². The molecule has 2 unspecified atom stereocenters. The summed E-state index contributed by atoms with van der Waals surface area (Å²) in [5, 5.41) is 13.1. The van der Waals surface area contributed by atoms with Gasteiger partial charge in [-0.2, -0.15) is 0 Å². The summed E-state index contributed by atoms with van der Waals surface area (Å²) in [6.07, 6.45) is 3.96. The number of hydrogen-bond acceptors (Lipinski definition) is 4. The zero-order valence-corrected chi connectivity index (χ0v) is 10.7. The third-order valence-electron chi connectivity index (χ3n) is 3.15. The molecule has 1 aliphatic carbocycles. The van der Waals surface area contributed by atoms with Crippen LogP contribution in [0, 0.1) is 12.8 Å². The molecular formula is C12H18ClN3O. The molecule has 2 rings (SSSR count). The van der Waals surface area contributed by atoms with Gasteiger partial charge in [-0.3, -0.25) is 0 Å². The van der Waals surface area contributed by atoms with Crippen molar-refractivity contribution in [2.45, 2.75) is 38.7 Å². The highest BCUT2D eigenvalue weighted by molar-refractivity contribution is 6.28. The predicted octanol–water partition coefficient (Wildman–Crippen LogP) is 2.40. The molecule has 0 amide bonds. The van der Waals surface area contributed by atoms with Crippen LogP contribution < -0.4 is 5.32 Å². The highest BCUT2D eigenvalue weighted by atomic mass is 35.5. The van der Waals surface area contributed by atoms with E-state index in [4.69, 9.17) is 11.6 Å². The Bertz CT molecular complexity index is 366. The first-order valence-electron chi connectivity index (χ1n) is 6.06. The lowest BCUT2D eigenvalue weighted by atomic mass is 9.87. The molecule has 0 radical (unpaired) electrons. The number of aromatic nitrogens is 2. The molecule has 1 aliphatic rings. The van der Waals surface area contributed by atoms with Crippen molar-refractivity contribution in [1.29, 1.82) is 0 Å². The summed E-state index contributed by atoms with van der Waals surface area (Å²) >= 11 is 5.79. The van der Waals surface area contributed by atoms with E-state index in [2.05, 4.69) is 15.3 Å². The summed E-state index contributed by atoms with van der Waals surface area (Å²) in [6, 6.07) is 1.88. The summed E-state index contributed by atoms with van der Waals surface area (Å²) in [6.45, 7) is 2.73. The van der Waals surface area contributed by atoms with Crippen LogP contribution in [-0.4, -0.2) is 27.7 Å². The van der Waals surface area contributed by atoms with Crippen molar-refractivity contribution in [2.24, 2.45) is 5.92 Å². The molecule has 17 heavy (non-hydrogen) atoms. The molecule has 2 atom stereocenters. The Morgan fingerprint density at radius 1 is 1.47 bits per heavy atom. The highest BCUT2D eigenvalue weighted by Crippen LogP contribution is 2.24. The van der Waals surface area contributed by atoms with Gasteiger partial charge < -0.3 is 10.4 Å². The summed E-state index contributed by atoms with van der Waals surface area (Å²) in [7, 11) is 0. The van der Waals surface area contributed by atoms with Gasteiger partial charge in [0.2, 0.25) is 5.28 Å². The minimum absolute atomic E-state index is 0.133. The van der Waals surface area contributed by atoms with Gasteiger partial charge in [0.05, 0.1) is 6.10 Å². The summed E-state index contributed by atoms with van der Waals surface area (Å²) in [4.78, 5) is 8.13. The lowest BCUT2D eigenvalue weighted by molar-refractivity contribution is 0.104. The van der Waals surface area contributed by atoms with Gasteiger partial charge in [0.1, 0.15) is 5.82 Å². The SMILES string of the molecule is Cc1cc(NCC2CCCC(O)C2)nc(Cl)n1. The quantitative estimate of drug-likeness (QED) is 0.815. The van der Waals surface area contributed by atoms with Gasteiger partial charge in [-0.05, 0) is 43.7 Å².